The van der Waals surface area contributed by atoms with E-state index in [1.165, 1.54) is 18.2 Å². The van der Waals surface area contributed by atoms with Crippen molar-refractivity contribution in [2.45, 2.75) is 6.92 Å². The molecule has 0 aliphatic heterocycles. The fourth-order valence-electron chi connectivity index (χ4n) is 2.40. The number of halogens is 1. The van der Waals surface area contributed by atoms with E-state index in [1.807, 2.05) is 17.9 Å². The van der Waals surface area contributed by atoms with Crippen molar-refractivity contribution in [3.63, 3.8) is 0 Å². The van der Waals surface area contributed by atoms with Gasteiger partial charge in [-0.3, -0.25) is 10.1 Å². The van der Waals surface area contributed by atoms with Crippen molar-refractivity contribution in [2.75, 3.05) is 31.2 Å². The number of benzene rings is 2. The first-order chi connectivity index (χ1) is 12.5. The van der Waals surface area contributed by atoms with Crippen molar-refractivity contribution in [3.8, 4) is 0 Å². The zero-order valence-electron chi connectivity index (χ0n) is 14.2. The first kappa shape index (κ1) is 19.8. The van der Waals surface area contributed by atoms with Crippen LogP contribution in [0.15, 0.2) is 46.6 Å². The van der Waals surface area contributed by atoms with Gasteiger partial charge in [-0.1, -0.05) is 11.6 Å². The zero-order valence-corrected chi connectivity index (χ0v) is 14.9. The van der Waals surface area contributed by atoms with Gasteiger partial charge in [-0.05, 0) is 42.8 Å². The van der Waals surface area contributed by atoms with Crippen LogP contribution in [0.2, 0.25) is 5.02 Å². The molecule has 0 amide bonds. The number of rotatable bonds is 8. The minimum Gasteiger partial charge on any atom is -0.395 e. The van der Waals surface area contributed by atoms with Crippen LogP contribution in [0.5, 0.6) is 0 Å². The minimum absolute atomic E-state index is 0.0270. The van der Waals surface area contributed by atoms with Crippen molar-refractivity contribution >= 4 is 34.4 Å². The summed E-state index contributed by atoms with van der Waals surface area (Å²) in [6.07, 6.45) is 0. The smallest absolute Gasteiger partial charge is 0.298 e. The molecule has 138 valence electrons. The van der Waals surface area contributed by atoms with Gasteiger partial charge in [0.1, 0.15) is 0 Å². The highest BCUT2D eigenvalue weighted by Crippen LogP contribution is 2.32. The van der Waals surface area contributed by atoms with Gasteiger partial charge in [0.2, 0.25) is 0 Å². The molecule has 0 saturated heterocycles. The van der Waals surface area contributed by atoms with Gasteiger partial charge in [0.05, 0.1) is 23.8 Å². The maximum absolute atomic E-state index is 11.1. The normalized spacial score (nSPS) is 11.1. The lowest BCUT2D eigenvalue weighted by Crippen LogP contribution is -2.29. The average Bonchev–Trinajstić information content (AvgIpc) is 2.61. The third-order valence-electron chi connectivity index (χ3n) is 3.68. The molecule has 0 saturated carbocycles. The summed E-state index contributed by atoms with van der Waals surface area (Å²) >= 11 is 5.78. The number of nitro groups is 1. The van der Waals surface area contributed by atoms with Crippen LogP contribution in [0.4, 0.5) is 22.7 Å². The lowest BCUT2D eigenvalue weighted by atomic mass is 10.1. The second-order valence-electron chi connectivity index (χ2n) is 5.50. The van der Waals surface area contributed by atoms with Crippen LogP contribution in [-0.4, -0.2) is 41.4 Å². The highest BCUT2D eigenvalue weighted by Gasteiger charge is 2.14. The van der Waals surface area contributed by atoms with E-state index in [-0.39, 0.29) is 29.6 Å². The van der Waals surface area contributed by atoms with Crippen molar-refractivity contribution in [2.24, 2.45) is 10.2 Å². The molecule has 0 aromatic heterocycles. The Labute approximate surface area is 155 Å². The number of azo groups is 1. The van der Waals surface area contributed by atoms with E-state index in [1.54, 1.807) is 12.1 Å². The number of aliphatic hydroxyl groups is 2. The summed E-state index contributed by atoms with van der Waals surface area (Å²) in [4.78, 5) is 12.4. The molecule has 26 heavy (non-hydrogen) atoms. The third kappa shape index (κ3) is 4.98. The average molecular weight is 379 g/mol. The topological polar surface area (TPSA) is 112 Å². The fourth-order valence-corrected chi connectivity index (χ4v) is 2.56. The monoisotopic (exact) mass is 378 g/mol. The number of aliphatic hydroxyl groups excluding tert-OH is 2. The molecule has 0 aliphatic carbocycles. The van der Waals surface area contributed by atoms with Gasteiger partial charge in [0.15, 0.2) is 5.69 Å². The predicted molar refractivity (Wildman–Crippen MR) is 99.8 cm³/mol. The molecule has 0 unspecified atom stereocenters. The summed E-state index contributed by atoms with van der Waals surface area (Å²) in [5.74, 6) is 0. The van der Waals surface area contributed by atoms with Gasteiger partial charge < -0.3 is 15.1 Å². The summed E-state index contributed by atoms with van der Waals surface area (Å²) in [5, 5.41) is 37.7. The summed E-state index contributed by atoms with van der Waals surface area (Å²) in [6, 6.07) is 9.57. The molecule has 2 aromatic carbocycles. The quantitative estimate of drug-likeness (QED) is 0.412. The molecule has 0 heterocycles. The predicted octanol–water partition coefficient (Wildman–Crippen LogP) is 3.76. The molecule has 0 radical (unpaired) electrons. The number of nitrogens with zero attached hydrogens (tertiary/aromatic N) is 4. The first-order valence-electron chi connectivity index (χ1n) is 7.89. The number of anilines is 1. The molecule has 0 atom stereocenters. The van der Waals surface area contributed by atoms with E-state index in [0.717, 1.165) is 11.3 Å². The molecule has 0 spiro atoms. The molecular weight excluding hydrogens is 360 g/mol. The van der Waals surface area contributed by atoms with E-state index >= 15 is 0 Å². The Bertz CT molecular complexity index is 807. The maximum atomic E-state index is 11.1. The van der Waals surface area contributed by atoms with E-state index in [9.17, 15) is 10.1 Å². The Morgan fingerprint density at radius 1 is 1.08 bits per heavy atom. The summed E-state index contributed by atoms with van der Waals surface area (Å²) in [7, 11) is 0. The molecule has 0 bridgehead atoms. The van der Waals surface area contributed by atoms with Crippen LogP contribution in [-0.2, 0) is 0 Å². The molecule has 2 aromatic rings. The van der Waals surface area contributed by atoms with Crippen LogP contribution in [0.25, 0.3) is 0 Å². The molecular formula is C17H19ClN4O4. The van der Waals surface area contributed by atoms with Crippen molar-refractivity contribution in [1.82, 2.24) is 0 Å². The lowest BCUT2D eigenvalue weighted by Gasteiger charge is -2.23. The number of hydrogen-bond acceptors (Lipinski definition) is 7. The van der Waals surface area contributed by atoms with Crippen LogP contribution in [0, 0.1) is 17.0 Å². The second kappa shape index (κ2) is 9.23. The lowest BCUT2D eigenvalue weighted by molar-refractivity contribution is -0.384. The van der Waals surface area contributed by atoms with Crippen LogP contribution in [0.3, 0.4) is 0 Å². The maximum Gasteiger partial charge on any atom is 0.298 e. The Morgan fingerprint density at radius 3 is 2.27 bits per heavy atom. The van der Waals surface area contributed by atoms with E-state index < -0.39 is 4.92 Å². The van der Waals surface area contributed by atoms with Crippen LogP contribution < -0.4 is 4.90 Å². The highest BCUT2D eigenvalue weighted by molar-refractivity contribution is 6.30. The second-order valence-corrected chi connectivity index (χ2v) is 5.93. The fraction of sp³-hybridized carbons (Fsp3) is 0.294. The Kier molecular flexibility index (Phi) is 7.02. The SMILES string of the molecule is Cc1cc(N(CCO)CCO)ccc1N=Nc1ccc(Cl)cc1[N+](=O)[O-]. The van der Waals surface area contributed by atoms with Crippen molar-refractivity contribution in [1.29, 1.82) is 0 Å². The number of hydrogen-bond donors (Lipinski definition) is 2. The number of aryl methyl sites for hydroxylation is 1. The molecule has 0 fully saturated rings. The van der Waals surface area contributed by atoms with Gasteiger partial charge in [-0.25, -0.2) is 0 Å². The largest absolute Gasteiger partial charge is 0.395 e. The zero-order chi connectivity index (χ0) is 19.1. The number of nitro benzene ring substituents is 1. The van der Waals surface area contributed by atoms with E-state index in [2.05, 4.69) is 10.2 Å². The van der Waals surface area contributed by atoms with E-state index in [0.29, 0.717) is 18.8 Å². The van der Waals surface area contributed by atoms with Gasteiger partial charge in [-0.15, -0.1) is 5.11 Å². The molecule has 8 nitrogen and oxygen atoms in total. The van der Waals surface area contributed by atoms with Gasteiger partial charge >= 0.3 is 0 Å². The van der Waals surface area contributed by atoms with Crippen LogP contribution in [0.1, 0.15) is 5.56 Å². The van der Waals surface area contributed by atoms with Crippen molar-refractivity contribution < 1.29 is 15.1 Å². The van der Waals surface area contributed by atoms with E-state index in [4.69, 9.17) is 21.8 Å². The van der Waals surface area contributed by atoms with Crippen molar-refractivity contribution in [3.05, 3.63) is 57.1 Å². The molecule has 9 heteroatoms. The third-order valence-corrected chi connectivity index (χ3v) is 3.92. The van der Waals surface area contributed by atoms with Gasteiger partial charge in [-0.2, -0.15) is 5.11 Å². The Morgan fingerprint density at radius 2 is 1.69 bits per heavy atom. The highest BCUT2D eigenvalue weighted by atomic mass is 35.5. The minimum atomic E-state index is -0.558. The Balaban J connectivity index is 2.28. The first-order valence-corrected chi connectivity index (χ1v) is 8.27. The standard InChI is InChI=1S/C17H19ClN4O4/c1-12-10-14(21(6-8-23)7-9-24)3-5-15(12)19-20-16-4-2-13(18)11-17(16)22(25)26/h2-5,10-11,23-24H,6-9H2,1H3. The molecule has 2 rings (SSSR count). The van der Waals surface area contributed by atoms with Gasteiger partial charge in [0, 0.05) is 29.9 Å². The van der Waals surface area contributed by atoms with Crippen LogP contribution >= 0.6 is 11.6 Å². The van der Waals surface area contributed by atoms with Gasteiger partial charge in [0.25, 0.3) is 5.69 Å². The Hall–Kier alpha value is -2.55. The summed E-state index contributed by atoms with van der Waals surface area (Å²) in [5.41, 5.74) is 2.11. The summed E-state index contributed by atoms with van der Waals surface area (Å²) < 4.78 is 0. The molecule has 0 aliphatic rings. The molecule has 2 N–H and O–H groups in total. The summed E-state index contributed by atoms with van der Waals surface area (Å²) in [6.45, 7) is 2.58.